The number of alkyl carbamates (subject to hydrolysis) is 1. The first kappa shape index (κ1) is 26.1. The summed E-state index contributed by atoms with van der Waals surface area (Å²) < 4.78 is 25.7. The molecule has 1 fully saturated rings. The maximum atomic E-state index is 14.9. The number of ketones is 1. The molecule has 0 aliphatic carbocycles. The number of amides is 1. The first-order valence-corrected chi connectivity index (χ1v) is 12.3. The lowest BCUT2D eigenvalue weighted by Gasteiger charge is -2.29. The van der Waals surface area contributed by atoms with Gasteiger partial charge in [0.25, 0.3) is 5.88 Å². The molecule has 3 aromatic rings. The number of rotatable bonds is 4. The highest BCUT2D eigenvalue weighted by Gasteiger charge is 2.25. The Morgan fingerprint density at radius 2 is 1.84 bits per heavy atom. The van der Waals surface area contributed by atoms with Crippen molar-refractivity contribution in [1.82, 2.24) is 15.4 Å². The second kappa shape index (κ2) is 10.9. The fourth-order valence-corrected chi connectivity index (χ4v) is 4.00. The predicted octanol–water partition coefficient (Wildman–Crippen LogP) is 5.81. The molecule has 0 radical (unpaired) electrons. The largest absolute Gasteiger partial charge is 0.444 e. The molecule has 0 saturated carbocycles. The van der Waals surface area contributed by atoms with E-state index in [0.717, 1.165) is 11.1 Å². The highest BCUT2D eigenvalue weighted by Crippen LogP contribution is 2.30. The van der Waals surface area contributed by atoms with Gasteiger partial charge < -0.3 is 14.2 Å². The van der Waals surface area contributed by atoms with Crippen LogP contribution in [0.1, 0.15) is 57.7 Å². The normalized spacial score (nSPS) is 15.4. The number of nitrogens with zero attached hydrogens (tertiary/aromatic N) is 3. The molecular weight excluding hydrogens is 475 g/mol. The number of piperidine rings is 1. The zero-order chi connectivity index (χ0) is 26.6. The topological polar surface area (TPSA) is 97.0 Å². The van der Waals surface area contributed by atoms with Crippen LogP contribution in [0.15, 0.2) is 64.1 Å². The van der Waals surface area contributed by atoms with Gasteiger partial charge in [-0.15, -0.1) is 0 Å². The van der Waals surface area contributed by atoms with Crippen molar-refractivity contribution in [2.24, 2.45) is 4.99 Å². The van der Waals surface area contributed by atoms with Crippen LogP contribution in [0.3, 0.4) is 0 Å². The van der Waals surface area contributed by atoms with Crippen molar-refractivity contribution in [3.05, 3.63) is 71.7 Å². The van der Waals surface area contributed by atoms with Gasteiger partial charge in [-0.25, -0.2) is 9.18 Å². The fraction of sp³-hybridized carbons (Fsp3) is 0.357. The number of aromatic nitrogens is 1. The second-order valence-corrected chi connectivity index (χ2v) is 10.0. The van der Waals surface area contributed by atoms with Gasteiger partial charge in [0.2, 0.25) is 5.96 Å². The van der Waals surface area contributed by atoms with Crippen molar-refractivity contribution >= 4 is 23.7 Å². The van der Waals surface area contributed by atoms with E-state index in [9.17, 15) is 14.0 Å². The Hall–Kier alpha value is -4.01. The molecule has 1 aromatic heterocycles. The summed E-state index contributed by atoms with van der Waals surface area (Å²) in [5.74, 6) is -0.0293. The number of aliphatic imine (C=N–C) groups is 1. The number of guanidine groups is 1. The Kier molecular flexibility index (Phi) is 7.71. The number of Topliss-reactive ketones (excluding diaryl/α,β-unsaturated/α-hetero) is 1. The number of carbonyl (C=O) groups is 2. The Bertz CT molecular complexity index is 1290. The van der Waals surface area contributed by atoms with Crippen LogP contribution in [0, 0.1) is 5.82 Å². The van der Waals surface area contributed by atoms with E-state index < -0.39 is 11.7 Å². The van der Waals surface area contributed by atoms with Crippen LogP contribution >= 0.6 is 0 Å². The fourth-order valence-electron chi connectivity index (χ4n) is 4.00. The molecule has 1 unspecified atom stereocenters. The molecule has 2 heterocycles. The molecule has 1 N–H and O–H groups in total. The summed E-state index contributed by atoms with van der Waals surface area (Å²) in [5, 5.41) is 6.80. The molecule has 4 rings (SSSR count). The van der Waals surface area contributed by atoms with Crippen LogP contribution in [0.5, 0.6) is 0 Å². The molecule has 1 saturated heterocycles. The van der Waals surface area contributed by atoms with Crippen LogP contribution in [-0.4, -0.2) is 46.6 Å². The summed E-state index contributed by atoms with van der Waals surface area (Å²) in [7, 11) is 0. The zero-order valence-electron chi connectivity index (χ0n) is 21.5. The molecule has 1 aliphatic heterocycles. The summed E-state index contributed by atoms with van der Waals surface area (Å²) >= 11 is 0. The van der Waals surface area contributed by atoms with Crippen LogP contribution < -0.4 is 5.32 Å². The minimum atomic E-state index is -0.687. The van der Waals surface area contributed by atoms with Crippen molar-refractivity contribution in [2.75, 3.05) is 13.1 Å². The lowest BCUT2D eigenvalue weighted by Crippen LogP contribution is -2.48. The van der Waals surface area contributed by atoms with Crippen LogP contribution in [0.25, 0.3) is 11.1 Å². The van der Waals surface area contributed by atoms with Crippen molar-refractivity contribution in [3.8, 4) is 11.1 Å². The van der Waals surface area contributed by atoms with Crippen LogP contribution in [0.2, 0.25) is 0 Å². The van der Waals surface area contributed by atoms with E-state index in [4.69, 9.17) is 9.26 Å². The van der Waals surface area contributed by atoms with E-state index in [1.807, 2.05) is 43.3 Å². The molecule has 194 valence electrons. The Morgan fingerprint density at radius 3 is 2.49 bits per heavy atom. The average Bonchev–Trinajstić information content (AvgIpc) is 3.31. The number of hydrogen-bond donors (Lipinski definition) is 1. The molecular formula is C28H31FN4O4. The smallest absolute Gasteiger partial charge is 0.414 e. The quantitative estimate of drug-likeness (QED) is 0.354. The van der Waals surface area contributed by atoms with Crippen molar-refractivity contribution in [1.29, 1.82) is 0 Å². The number of likely N-dealkylation sites (tertiary alicyclic amines) is 1. The van der Waals surface area contributed by atoms with E-state index in [1.165, 1.54) is 6.07 Å². The molecule has 1 atom stereocenters. The lowest BCUT2D eigenvalue weighted by molar-refractivity contribution is -0.120. The number of hydrogen-bond acceptors (Lipinski definition) is 6. The first-order chi connectivity index (χ1) is 17.6. The maximum Gasteiger partial charge on any atom is 0.414 e. The summed E-state index contributed by atoms with van der Waals surface area (Å²) in [6.07, 6.45) is 0.0569. The third-order valence-corrected chi connectivity index (χ3v) is 5.99. The van der Waals surface area contributed by atoms with Crippen LogP contribution in [0.4, 0.5) is 15.1 Å². The van der Waals surface area contributed by atoms with Gasteiger partial charge in [-0.3, -0.25) is 10.1 Å². The molecule has 0 spiro atoms. The summed E-state index contributed by atoms with van der Waals surface area (Å²) in [5.41, 5.74) is 1.95. The van der Waals surface area contributed by atoms with E-state index in [2.05, 4.69) is 15.5 Å². The van der Waals surface area contributed by atoms with E-state index in [0.29, 0.717) is 37.2 Å². The molecule has 37 heavy (non-hydrogen) atoms. The lowest BCUT2D eigenvalue weighted by atomic mass is 9.95. The Balaban J connectivity index is 1.55. The first-order valence-electron chi connectivity index (χ1n) is 12.3. The summed E-state index contributed by atoms with van der Waals surface area (Å²) in [4.78, 5) is 30.4. The SMILES string of the molecule is CC(c1ccc(-c2ccccc2)c(F)c1)c1cc(/N=C(/NC(=O)OC(C)(C)C)N2CCC(=O)CC2)on1. The number of ether oxygens (including phenoxy) is 1. The molecule has 8 nitrogen and oxygen atoms in total. The number of nitrogens with one attached hydrogen (secondary N) is 1. The van der Waals surface area contributed by atoms with Gasteiger partial charge in [0.05, 0.1) is 5.69 Å². The van der Waals surface area contributed by atoms with Gasteiger partial charge in [0.1, 0.15) is 17.2 Å². The van der Waals surface area contributed by atoms with Crippen molar-refractivity contribution < 1.29 is 23.2 Å². The molecule has 2 aromatic carbocycles. The van der Waals surface area contributed by atoms with Gasteiger partial charge in [-0.05, 0) is 38.0 Å². The van der Waals surface area contributed by atoms with Gasteiger partial charge in [0, 0.05) is 43.5 Å². The van der Waals surface area contributed by atoms with E-state index in [1.54, 1.807) is 37.8 Å². The van der Waals surface area contributed by atoms with Crippen LogP contribution in [-0.2, 0) is 9.53 Å². The Labute approximate surface area is 215 Å². The van der Waals surface area contributed by atoms with Gasteiger partial charge in [0.15, 0.2) is 0 Å². The average molecular weight is 507 g/mol. The predicted molar refractivity (Wildman–Crippen MR) is 138 cm³/mol. The van der Waals surface area contributed by atoms with Crippen molar-refractivity contribution in [2.45, 2.75) is 52.1 Å². The van der Waals surface area contributed by atoms with Crippen molar-refractivity contribution in [3.63, 3.8) is 0 Å². The molecule has 1 aliphatic rings. The van der Waals surface area contributed by atoms with Gasteiger partial charge in [-0.1, -0.05) is 54.5 Å². The van der Waals surface area contributed by atoms with E-state index in [-0.39, 0.29) is 29.4 Å². The van der Waals surface area contributed by atoms with Gasteiger partial charge in [-0.2, -0.15) is 4.99 Å². The number of halogens is 1. The molecule has 1 amide bonds. The van der Waals surface area contributed by atoms with Gasteiger partial charge >= 0.3 is 6.09 Å². The third-order valence-electron chi connectivity index (χ3n) is 5.99. The molecule has 0 bridgehead atoms. The summed E-state index contributed by atoms with van der Waals surface area (Å²) in [6.45, 7) is 8.03. The maximum absolute atomic E-state index is 14.9. The third kappa shape index (κ3) is 6.81. The highest BCUT2D eigenvalue weighted by atomic mass is 19.1. The minimum absolute atomic E-state index is 0.161. The zero-order valence-corrected chi connectivity index (χ0v) is 21.5. The standard InChI is InChI=1S/C28H31FN4O4/c1-18(20-10-11-22(23(29)16-20)19-8-6-5-7-9-19)24-17-25(37-32-24)30-26(31-27(35)36-28(2,3)4)33-14-12-21(34)13-15-33/h5-11,16-18H,12-15H2,1-4H3,(H,30,31,35). The highest BCUT2D eigenvalue weighted by molar-refractivity contribution is 5.96. The Morgan fingerprint density at radius 1 is 1.14 bits per heavy atom. The molecule has 9 heteroatoms. The monoisotopic (exact) mass is 506 g/mol. The number of carbonyl (C=O) groups excluding carboxylic acids is 2. The second-order valence-electron chi connectivity index (χ2n) is 10.0. The number of benzene rings is 2. The van der Waals surface area contributed by atoms with E-state index >= 15 is 0 Å². The summed E-state index contributed by atoms with van der Waals surface area (Å²) in [6, 6.07) is 16.2. The minimum Gasteiger partial charge on any atom is -0.444 e.